The van der Waals surface area contributed by atoms with Crippen molar-refractivity contribution in [2.45, 2.75) is 58.2 Å². The summed E-state index contributed by atoms with van der Waals surface area (Å²) >= 11 is 6.23. The van der Waals surface area contributed by atoms with Crippen molar-refractivity contribution < 1.29 is 14.3 Å². The minimum Gasteiger partial charge on any atom is -0.444 e. The molecule has 0 spiro atoms. The molecule has 1 aliphatic rings. The Morgan fingerprint density at radius 1 is 1.30 bits per heavy atom. The van der Waals surface area contributed by atoms with E-state index in [-0.39, 0.29) is 17.2 Å². The zero-order valence-electron chi connectivity index (χ0n) is 19.4. The Labute approximate surface area is 198 Å². The maximum absolute atomic E-state index is 12.5. The van der Waals surface area contributed by atoms with E-state index in [1.165, 1.54) is 0 Å². The number of hydrogen-bond acceptors (Lipinski definition) is 6. The Balaban J connectivity index is 1.62. The third-order valence-electron chi connectivity index (χ3n) is 5.66. The van der Waals surface area contributed by atoms with Gasteiger partial charge in [0.2, 0.25) is 5.28 Å². The van der Waals surface area contributed by atoms with Crippen LogP contribution in [0.25, 0.3) is 5.52 Å². The molecule has 8 nitrogen and oxygen atoms in total. The largest absolute Gasteiger partial charge is 0.444 e. The lowest BCUT2D eigenvalue weighted by atomic mass is 9.88. The summed E-state index contributed by atoms with van der Waals surface area (Å²) in [5.41, 5.74) is 3.49. The van der Waals surface area contributed by atoms with Crippen LogP contribution in [-0.4, -0.2) is 45.5 Å². The van der Waals surface area contributed by atoms with Gasteiger partial charge in [0.1, 0.15) is 11.1 Å². The number of aromatic nitrogens is 3. The van der Waals surface area contributed by atoms with Crippen LogP contribution in [0.15, 0.2) is 36.5 Å². The molecule has 1 aromatic carbocycles. The minimum absolute atomic E-state index is 0.0475. The number of ether oxygens (including phenoxy) is 2. The first-order valence-corrected chi connectivity index (χ1v) is 11.5. The number of fused-ring (bicyclic) bond motifs is 1. The lowest BCUT2D eigenvalue weighted by molar-refractivity contribution is 0.0333. The molecule has 2 atom stereocenters. The average molecular weight is 472 g/mol. The summed E-state index contributed by atoms with van der Waals surface area (Å²) in [6.45, 7) is 9.28. The summed E-state index contributed by atoms with van der Waals surface area (Å²) in [6.07, 6.45) is 2.23. The summed E-state index contributed by atoms with van der Waals surface area (Å²) in [7, 11) is 0. The van der Waals surface area contributed by atoms with Crippen LogP contribution in [0, 0.1) is 6.92 Å². The number of hydrogen-bond donors (Lipinski definition) is 2. The summed E-state index contributed by atoms with van der Waals surface area (Å²) < 4.78 is 13.0. The maximum atomic E-state index is 12.5. The van der Waals surface area contributed by atoms with Crippen LogP contribution < -0.4 is 10.6 Å². The Hall–Kier alpha value is -2.84. The van der Waals surface area contributed by atoms with Gasteiger partial charge in [0.15, 0.2) is 5.82 Å². The smallest absolute Gasteiger partial charge is 0.407 e. The molecule has 0 radical (unpaired) electrons. The fourth-order valence-electron chi connectivity index (χ4n) is 4.18. The number of nitrogens with zero attached hydrogens (tertiary/aromatic N) is 3. The Morgan fingerprint density at radius 2 is 2.06 bits per heavy atom. The number of aryl methyl sites for hydroxylation is 1. The van der Waals surface area contributed by atoms with Crippen LogP contribution in [0.2, 0.25) is 5.28 Å². The highest BCUT2D eigenvalue weighted by atomic mass is 35.5. The van der Waals surface area contributed by atoms with Gasteiger partial charge in [0.05, 0.1) is 6.61 Å². The second-order valence-electron chi connectivity index (χ2n) is 9.29. The van der Waals surface area contributed by atoms with Gasteiger partial charge < -0.3 is 20.1 Å². The molecule has 1 fully saturated rings. The molecule has 1 aliphatic heterocycles. The molecule has 0 bridgehead atoms. The highest BCUT2D eigenvalue weighted by molar-refractivity contribution is 6.28. The van der Waals surface area contributed by atoms with Gasteiger partial charge in [0.25, 0.3) is 0 Å². The Bertz CT molecular complexity index is 1130. The van der Waals surface area contributed by atoms with E-state index in [0.29, 0.717) is 32.0 Å². The predicted molar refractivity (Wildman–Crippen MR) is 128 cm³/mol. The first kappa shape index (κ1) is 23.3. The zero-order valence-corrected chi connectivity index (χ0v) is 20.1. The number of anilines is 1. The molecular formula is C24H30ClN5O3. The van der Waals surface area contributed by atoms with Gasteiger partial charge in [0, 0.05) is 31.3 Å². The van der Waals surface area contributed by atoms with E-state index in [0.717, 1.165) is 22.2 Å². The highest BCUT2D eigenvalue weighted by Crippen LogP contribution is 2.34. The molecule has 1 saturated heterocycles. The number of benzene rings is 1. The van der Waals surface area contributed by atoms with Crippen LogP contribution in [0.1, 0.15) is 49.8 Å². The van der Waals surface area contributed by atoms with Crippen molar-refractivity contribution in [3.05, 3.63) is 58.5 Å². The molecule has 9 heteroatoms. The van der Waals surface area contributed by atoms with Gasteiger partial charge in [-0.15, -0.1) is 5.10 Å². The van der Waals surface area contributed by atoms with Crippen molar-refractivity contribution in [2.24, 2.45) is 0 Å². The molecule has 3 aromatic rings. The minimum atomic E-state index is -0.558. The fourth-order valence-corrected chi connectivity index (χ4v) is 4.34. The summed E-state index contributed by atoms with van der Waals surface area (Å²) in [6, 6.07) is 9.97. The van der Waals surface area contributed by atoms with E-state index >= 15 is 0 Å². The third-order valence-corrected chi connectivity index (χ3v) is 5.82. The number of carbonyl (C=O) groups excluding carboxylic acids is 1. The van der Waals surface area contributed by atoms with Crippen molar-refractivity contribution in [3.8, 4) is 0 Å². The fraction of sp³-hybridized carbons (Fsp3) is 0.458. The van der Waals surface area contributed by atoms with Crippen LogP contribution in [0.4, 0.5) is 10.6 Å². The maximum Gasteiger partial charge on any atom is 0.407 e. The van der Waals surface area contributed by atoms with Crippen LogP contribution >= 0.6 is 11.6 Å². The van der Waals surface area contributed by atoms with E-state index in [4.69, 9.17) is 21.1 Å². The molecule has 0 unspecified atom stereocenters. The van der Waals surface area contributed by atoms with Crippen molar-refractivity contribution in [3.63, 3.8) is 0 Å². The number of halogens is 1. The summed E-state index contributed by atoms with van der Waals surface area (Å²) in [4.78, 5) is 16.9. The summed E-state index contributed by atoms with van der Waals surface area (Å²) in [5.74, 6) is 0.615. The molecule has 2 N–H and O–H groups in total. The molecule has 0 saturated carbocycles. The Morgan fingerprint density at radius 3 is 2.79 bits per heavy atom. The zero-order chi connectivity index (χ0) is 23.6. The van der Waals surface area contributed by atoms with Gasteiger partial charge in [-0.1, -0.05) is 30.3 Å². The van der Waals surface area contributed by atoms with E-state index in [2.05, 4.69) is 32.8 Å². The second kappa shape index (κ2) is 9.57. The number of amides is 1. The Kier molecular flexibility index (Phi) is 6.76. The standard InChI is InChI=1S/C24H30ClN5O3/c1-15-17(18-14-32-11-10-19(18)27-23(31)33-24(2,3)4)13-30-20(15)21(28-22(25)29-30)26-12-16-8-6-5-7-9-16/h5-9,13,18-19H,10-12,14H2,1-4H3,(H,27,31)(H,26,28,29)/t18-,19+/m1/s1. The highest BCUT2D eigenvalue weighted by Gasteiger charge is 2.33. The molecule has 2 aromatic heterocycles. The summed E-state index contributed by atoms with van der Waals surface area (Å²) in [5, 5.41) is 11.0. The van der Waals surface area contributed by atoms with Crippen molar-refractivity contribution in [2.75, 3.05) is 18.5 Å². The average Bonchev–Trinajstić information content (AvgIpc) is 3.08. The van der Waals surface area contributed by atoms with Crippen LogP contribution in [-0.2, 0) is 16.0 Å². The number of alkyl carbamates (subject to hydrolysis) is 1. The van der Waals surface area contributed by atoms with Gasteiger partial charge in [-0.05, 0) is 62.4 Å². The van der Waals surface area contributed by atoms with Crippen LogP contribution in [0.3, 0.4) is 0 Å². The third kappa shape index (κ3) is 5.57. The van der Waals surface area contributed by atoms with Gasteiger partial charge in [-0.25, -0.2) is 9.31 Å². The normalized spacial score (nSPS) is 18.8. The molecule has 1 amide bonds. The lowest BCUT2D eigenvalue weighted by Gasteiger charge is -2.33. The molecule has 0 aliphatic carbocycles. The first-order chi connectivity index (χ1) is 15.7. The molecule has 33 heavy (non-hydrogen) atoms. The van der Waals surface area contributed by atoms with E-state index in [1.807, 2.05) is 52.1 Å². The topological polar surface area (TPSA) is 89.8 Å². The quantitative estimate of drug-likeness (QED) is 0.560. The predicted octanol–water partition coefficient (Wildman–Crippen LogP) is 4.70. The van der Waals surface area contributed by atoms with Crippen molar-refractivity contribution in [1.82, 2.24) is 19.9 Å². The van der Waals surface area contributed by atoms with Crippen molar-refractivity contribution >= 4 is 29.0 Å². The molecule has 3 heterocycles. The molecular weight excluding hydrogens is 442 g/mol. The first-order valence-electron chi connectivity index (χ1n) is 11.1. The number of rotatable bonds is 5. The van der Waals surface area contributed by atoms with Gasteiger partial charge in [-0.2, -0.15) is 4.98 Å². The molecule has 4 rings (SSSR count). The SMILES string of the molecule is Cc1c([C@H]2COCC[C@@H]2NC(=O)OC(C)(C)C)cn2nc(Cl)nc(NCc3ccccc3)c12. The van der Waals surface area contributed by atoms with Gasteiger partial charge in [-0.3, -0.25) is 0 Å². The van der Waals surface area contributed by atoms with E-state index in [9.17, 15) is 4.79 Å². The number of nitrogens with one attached hydrogen (secondary N) is 2. The van der Waals surface area contributed by atoms with E-state index in [1.54, 1.807) is 4.52 Å². The van der Waals surface area contributed by atoms with E-state index < -0.39 is 11.7 Å². The molecule has 176 valence electrons. The monoisotopic (exact) mass is 471 g/mol. The lowest BCUT2D eigenvalue weighted by Crippen LogP contribution is -2.46. The number of carbonyl (C=O) groups is 1. The van der Waals surface area contributed by atoms with Crippen molar-refractivity contribution in [1.29, 1.82) is 0 Å². The van der Waals surface area contributed by atoms with Gasteiger partial charge >= 0.3 is 6.09 Å². The second-order valence-corrected chi connectivity index (χ2v) is 9.63. The van der Waals surface area contributed by atoms with Crippen LogP contribution in [0.5, 0.6) is 0 Å².